The number of benzene rings is 2. The topological polar surface area (TPSA) is 52.6 Å². The van der Waals surface area contributed by atoms with Gasteiger partial charge in [-0.15, -0.1) is 46.2 Å². The van der Waals surface area contributed by atoms with Gasteiger partial charge < -0.3 is 13.8 Å². The molecule has 4 nitrogen and oxygen atoms in total. The van der Waals surface area contributed by atoms with Gasteiger partial charge in [0.05, 0.1) is 17.7 Å². The minimum absolute atomic E-state index is 0.264. The van der Waals surface area contributed by atoms with Gasteiger partial charge in [-0.05, 0) is 61.9 Å². The Labute approximate surface area is 234 Å². The number of hydrogen-bond acceptors (Lipinski definition) is 4. The molecule has 169 valence electrons. The van der Waals surface area contributed by atoms with Crippen molar-refractivity contribution in [2.24, 2.45) is 0 Å². The third-order valence-corrected chi connectivity index (χ3v) is 8.04. The molecule has 2 aromatic carbocycles. The standard InChI is InChI=1S/C11H8Br2O2.C11H10O2.BFI.HI/c12-9-5-1-2-7(14)8(5)6-3-4-15-11(6)10(9)13;12-9-3-1-7-2-4-10-8(11(7)9)5-6-13-10;2-1-3;/h1-4H2;2,4H,1,3,5-6H2;;1H/i/hT. The fourth-order valence-electron chi connectivity index (χ4n) is 4.60. The zero-order valence-corrected chi connectivity index (χ0v) is 24.4. The van der Waals surface area contributed by atoms with E-state index in [1.165, 1.54) is 51.7 Å². The Morgan fingerprint density at radius 1 is 0.875 bits per heavy atom. The normalized spacial score (nSPS) is 16.3. The van der Waals surface area contributed by atoms with Crippen molar-refractivity contribution in [1.82, 2.24) is 0 Å². The second-order valence-corrected chi connectivity index (χ2v) is 9.55. The lowest BCUT2D eigenvalue weighted by Crippen LogP contribution is -1.98. The Hall–Kier alpha value is -0.205. The summed E-state index contributed by atoms with van der Waals surface area (Å²) in [7, 11) is 0. The molecule has 2 heterocycles. The summed E-state index contributed by atoms with van der Waals surface area (Å²) < 4.78 is 28.8. The summed E-state index contributed by atoms with van der Waals surface area (Å²) in [6, 6.07) is 4.03. The molecule has 32 heavy (non-hydrogen) atoms. The van der Waals surface area contributed by atoms with Crippen LogP contribution in [0.1, 0.15) is 55.8 Å². The van der Waals surface area contributed by atoms with E-state index in [1.54, 1.807) is 0 Å². The van der Waals surface area contributed by atoms with Gasteiger partial charge in [0.2, 0.25) is 0 Å². The van der Waals surface area contributed by atoms with Crippen LogP contribution in [-0.4, -0.2) is 30.8 Å². The van der Waals surface area contributed by atoms with Gasteiger partial charge in [-0.25, -0.2) is 0 Å². The quantitative estimate of drug-likeness (QED) is 0.224. The molecule has 0 amide bonds. The van der Waals surface area contributed by atoms with E-state index in [0.29, 0.717) is 30.6 Å². The number of Topliss-reactive ketones (excluding diaryl/α,β-unsaturated/α-hetero) is 2. The summed E-state index contributed by atoms with van der Waals surface area (Å²) in [5.41, 5.74) is 6.97. The van der Waals surface area contributed by atoms with Crippen molar-refractivity contribution in [1.29, 1.82) is 0.594 Å². The Morgan fingerprint density at radius 3 is 2.25 bits per heavy atom. The van der Waals surface area contributed by atoms with E-state index < -0.39 is 0 Å². The Balaban J connectivity index is 0.000000157. The number of fused-ring (bicyclic) bond motifs is 6. The average molecular weight is 793 g/mol. The van der Waals surface area contributed by atoms with Crippen LogP contribution in [-0.2, 0) is 25.7 Å². The van der Waals surface area contributed by atoms with Gasteiger partial charge in [-0.1, -0.05) is 6.07 Å². The molecular weight excluding hydrogens is 772 g/mol. The highest BCUT2D eigenvalue weighted by atomic mass is 127. The molecule has 0 N–H and O–H groups in total. The lowest BCUT2D eigenvalue weighted by atomic mass is 10.0. The maximum absolute atomic E-state index is 11.8. The van der Waals surface area contributed by atoms with Crippen molar-refractivity contribution in [3.8, 4) is 11.5 Å². The minimum atomic E-state index is 0.264. The molecule has 1 radical (unpaired) electrons. The first-order valence-corrected chi connectivity index (χ1v) is 12.8. The van der Waals surface area contributed by atoms with E-state index in [9.17, 15) is 13.9 Å². The molecule has 0 saturated carbocycles. The van der Waals surface area contributed by atoms with Gasteiger partial charge in [0.15, 0.2) is 11.6 Å². The highest BCUT2D eigenvalue weighted by Gasteiger charge is 2.32. The van der Waals surface area contributed by atoms with Gasteiger partial charge in [-0.3, -0.25) is 9.59 Å². The number of ether oxygens (including phenoxy) is 2. The molecule has 0 bridgehead atoms. The molecule has 6 rings (SSSR count). The van der Waals surface area contributed by atoms with E-state index in [1.807, 2.05) is 12.1 Å². The summed E-state index contributed by atoms with van der Waals surface area (Å²) in [5, 5.41) is 0. The Bertz CT molecular complexity index is 1090. The number of rotatable bonds is 0. The van der Waals surface area contributed by atoms with E-state index >= 15 is 0 Å². The monoisotopic (exact) mass is 791 g/mol. The smallest absolute Gasteiger partial charge is 0.433 e. The number of halogens is 5. The number of carbonyl (C=O) groups excluding carboxylic acids is 2. The molecule has 0 aromatic heterocycles. The van der Waals surface area contributed by atoms with Crippen LogP contribution in [0.5, 0.6) is 11.5 Å². The first kappa shape index (κ1) is 24.9. The maximum atomic E-state index is 11.8. The van der Waals surface area contributed by atoms with E-state index in [0.717, 1.165) is 80.6 Å². The Kier molecular flexibility index (Phi) is 8.94. The average Bonchev–Trinajstić information content (AvgIpc) is 3.60. The van der Waals surface area contributed by atoms with Crippen molar-refractivity contribution in [2.45, 2.75) is 38.5 Å². The zero-order valence-electron chi connectivity index (χ0n) is 17.9. The summed E-state index contributed by atoms with van der Waals surface area (Å²) >= 11 is 9.95. The van der Waals surface area contributed by atoms with Gasteiger partial charge >= 0.3 is 5.41 Å². The fourth-order valence-corrected chi connectivity index (χ4v) is 5.77. The van der Waals surface area contributed by atoms with Crippen molar-refractivity contribution in [3.63, 3.8) is 0 Å². The predicted molar refractivity (Wildman–Crippen MR) is 148 cm³/mol. The van der Waals surface area contributed by atoms with Crippen LogP contribution >= 0.6 is 78.0 Å². The summed E-state index contributed by atoms with van der Waals surface area (Å²) in [5.74, 6) is 2.35. The molecule has 2 aromatic rings. The number of ketones is 2. The van der Waals surface area contributed by atoms with Crippen LogP contribution < -0.4 is 9.47 Å². The number of aryl methyl sites for hydroxylation is 1. The summed E-state index contributed by atoms with van der Waals surface area (Å²) in [6.07, 6.45) is 4.85. The van der Waals surface area contributed by atoms with Crippen LogP contribution in [0.3, 0.4) is 0 Å². The summed E-state index contributed by atoms with van der Waals surface area (Å²) in [6.45, 7) is 1.42. The van der Waals surface area contributed by atoms with Crippen molar-refractivity contribution in [2.75, 3.05) is 13.2 Å². The molecule has 2 aliphatic heterocycles. The van der Waals surface area contributed by atoms with Crippen molar-refractivity contribution >= 4 is 95.0 Å². The molecule has 10 heteroatoms. The lowest BCUT2D eigenvalue weighted by Gasteiger charge is -2.10. The second kappa shape index (κ2) is 11.5. The van der Waals surface area contributed by atoms with Gasteiger partial charge in [0.1, 0.15) is 12.1 Å². The molecule has 0 unspecified atom stereocenters. The van der Waals surface area contributed by atoms with E-state index in [4.69, 9.17) is 10.1 Å². The lowest BCUT2D eigenvalue weighted by molar-refractivity contribution is 0.0986. The van der Waals surface area contributed by atoms with Crippen LogP contribution in [0.15, 0.2) is 21.1 Å². The SMILES string of the molecule is F[B]I.O=C1CCc2c(Br)c(Br)c3c(c21)CCO3.O=C1CCc2ccc3c(c21)CCO3.[3H]I. The van der Waals surface area contributed by atoms with Gasteiger partial charge in [0, 0.05) is 52.4 Å². The molecule has 4 aliphatic rings. The third kappa shape index (κ3) is 4.93. The van der Waals surface area contributed by atoms with Crippen LogP contribution in [0.2, 0.25) is 0 Å². The number of hydrogen-bond donors (Lipinski definition) is 0. The zero-order chi connectivity index (χ0) is 24.1. The molecule has 2 aliphatic carbocycles. The maximum Gasteiger partial charge on any atom is 0.433 e. The second-order valence-electron chi connectivity index (χ2n) is 7.49. The summed E-state index contributed by atoms with van der Waals surface area (Å²) in [4.78, 5) is 23.4. The minimum Gasteiger partial charge on any atom is -0.493 e. The Morgan fingerprint density at radius 2 is 1.50 bits per heavy atom. The highest BCUT2D eigenvalue weighted by molar-refractivity contribution is 14.1. The number of carbonyl (C=O) groups is 2. The molecule has 0 saturated heterocycles. The van der Waals surface area contributed by atoms with Crippen LogP contribution in [0.25, 0.3) is 0 Å². The van der Waals surface area contributed by atoms with E-state index in [2.05, 4.69) is 31.9 Å². The molecular formula is C22H19BBr2FI2O4. The van der Waals surface area contributed by atoms with Crippen LogP contribution in [0.4, 0.5) is 4.32 Å². The van der Waals surface area contributed by atoms with Crippen molar-refractivity contribution < 1.29 is 23.4 Å². The van der Waals surface area contributed by atoms with Gasteiger partial charge in [0.25, 0.3) is 0 Å². The van der Waals surface area contributed by atoms with Crippen molar-refractivity contribution in [3.05, 3.63) is 54.5 Å². The fraction of sp³-hybridized carbons (Fsp3) is 0.364. The first-order chi connectivity index (χ1) is 16.0. The molecule has 0 fully saturated rings. The predicted octanol–water partition coefficient (Wildman–Crippen LogP) is 6.57. The third-order valence-electron chi connectivity index (χ3n) is 5.88. The molecule has 0 atom stereocenters. The van der Waals surface area contributed by atoms with Gasteiger partial charge in [-0.2, -0.15) is 0 Å². The largest absolute Gasteiger partial charge is 0.493 e. The van der Waals surface area contributed by atoms with Crippen LogP contribution in [0, 0.1) is 0 Å². The highest BCUT2D eigenvalue weighted by Crippen LogP contribution is 2.46. The van der Waals surface area contributed by atoms with E-state index in [-0.39, 0.29) is 5.78 Å². The first-order valence-electron chi connectivity index (χ1n) is 10.4. The molecule has 0 spiro atoms.